The van der Waals surface area contributed by atoms with Gasteiger partial charge in [0.15, 0.2) is 0 Å². The molecule has 0 amide bonds. The highest BCUT2D eigenvalue weighted by Crippen LogP contribution is 2.18. The normalized spacial score (nSPS) is 12.1. The number of ether oxygens (including phenoxy) is 1. The van der Waals surface area contributed by atoms with E-state index in [1.165, 1.54) is 12.0 Å². The lowest BCUT2D eigenvalue weighted by Gasteiger charge is -2.14. The van der Waals surface area contributed by atoms with Gasteiger partial charge in [-0.2, -0.15) is 0 Å². The number of rotatable bonds is 7. The van der Waals surface area contributed by atoms with E-state index in [4.69, 9.17) is 4.74 Å². The first-order valence-electron chi connectivity index (χ1n) is 5.77. The maximum absolute atomic E-state index is 11.5. The number of nitrogens with one attached hydrogen (secondary N) is 1. The van der Waals surface area contributed by atoms with E-state index in [0.717, 1.165) is 18.7 Å². The van der Waals surface area contributed by atoms with Crippen molar-refractivity contribution < 1.29 is 9.53 Å². The zero-order valence-electron chi connectivity index (χ0n) is 10.3. The lowest BCUT2D eigenvalue weighted by atomic mass is 10.2. The smallest absolute Gasteiger partial charge is 0.322 e. The van der Waals surface area contributed by atoms with Crippen LogP contribution < -0.4 is 5.32 Å². The standard InChI is InChI=1S/C13H19NO2S/c1-3-14-12(13(15)16-2)9-10-17-11-7-5-4-6-8-11/h4-8,12,14H,3,9-10H2,1-2H3. The fourth-order valence-electron chi connectivity index (χ4n) is 1.50. The highest BCUT2D eigenvalue weighted by atomic mass is 32.2. The van der Waals surface area contributed by atoms with Crippen LogP contribution in [0.2, 0.25) is 0 Å². The van der Waals surface area contributed by atoms with E-state index in [0.29, 0.717) is 0 Å². The minimum Gasteiger partial charge on any atom is -0.468 e. The van der Waals surface area contributed by atoms with E-state index in [-0.39, 0.29) is 12.0 Å². The van der Waals surface area contributed by atoms with Gasteiger partial charge in [-0.25, -0.2) is 0 Å². The summed E-state index contributed by atoms with van der Waals surface area (Å²) in [5.41, 5.74) is 0. The van der Waals surface area contributed by atoms with E-state index in [1.807, 2.05) is 25.1 Å². The molecule has 1 aromatic rings. The van der Waals surface area contributed by atoms with Crippen molar-refractivity contribution in [2.45, 2.75) is 24.3 Å². The molecule has 0 saturated heterocycles. The van der Waals surface area contributed by atoms with Crippen molar-refractivity contribution in [3.8, 4) is 0 Å². The molecule has 17 heavy (non-hydrogen) atoms. The number of likely N-dealkylation sites (N-methyl/N-ethyl adjacent to an activating group) is 1. The first-order chi connectivity index (χ1) is 8.27. The van der Waals surface area contributed by atoms with Crippen LogP contribution >= 0.6 is 11.8 Å². The van der Waals surface area contributed by atoms with Crippen LogP contribution in [-0.4, -0.2) is 31.4 Å². The molecule has 0 aromatic heterocycles. The summed E-state index contributed by atoms with van der Waals surface area (Å²) in [6, 6.07) is 9.99. The Hall–Kier alpha value is -1.00. The third kappa shape index (κ3) is 5.24. The predicted molar refractivity (Wildman–Crippen MR) is 71.3 cm³/mol. The van der Waals surface area contributed by atoms with Crippen molar-refractivity contribution >= 4 is 17.7 Å². The Morgan fingerprint density at radius 3 is 2.71 bits per heavy atom. The monoisotopic (exact) mass is 253 g/mol. The van der Waals surface area contributed by atoms with Crippen molar-refractivity contribution in [1.29, 1.82) is 0 Å². The molecule has 1 N–H and O–H groups in total. The molecule has 1 unspecified atom stereocenters. The van der Waals surface area contributed by atoms with E-state index in [2.05, 4.69) is 17.4 Å². The van der Waals surface area contributed by atoms with Gasteiger partial charge in [0, 0.05) is 10.6 Å². The minimum absolute atomic E-state index is 0.180. The summed E-state index contributed by atoms with van der Waals surface area (Å²) in [6.45, 7) is 2.76. The maximum atomic E-state index is 11.5. The second-order valence-electron chi connectivity index (χ2n) is 3.58. The number of thioether (sulfide) groups is 1. The molecule has 1 aromatic carbocycles. The van der Waals surface area contributed by atoms with Gasteiger partial charge in [-0.15, -0.1) is 11.8 Å². The Morgan fingerprint density at radius 2 is 2.12 bits per heavy atom. The Morgan fingerprint density at radius 1 is 1.41 bits per heavy atom. The van der Waals surface area contributed by atoms with Crippen LogP contribution in [0, 0.1) is 0 Å². The van der Waals surface area contributed by atoms with Gasteiger partial charge in [-0.05, 0) is 25.1 Å². The van der Waals surface area contributed by atoms with Gasteiger partial charge in [0.05, 0.1) is 7.11 Å². The SMILES string of the molecule is CCNC(CCSc1ccccc1)C(=O)OC. The Kier molecular flexibility index (Phi) is 6.74. The van der Waals surface area contributed by atoms with E-state index >= 15 is 0 Å². The molecular weight excluding hydrogens is 234 g/mol. The van der Waals surface area contributed by atoms with E-state index in [9.17, 15) is 4.79 Å². The zero-order chi connectivity index (χ0) is 12.5. The van der Waals surface area contributed by atoms with Crippen LogP contribution in [0.3, 0.4) is 0 Å². The van der Waals surface area contributed by atoms with Gasteiger partial charge in [0.2, 0.25) is 0 Å². The highest BCUT2D eigenvalue weighted by Gasteiger charge is 2.16. The molecule has 94 valence electrons. The average Bonchev–Trinajstić information content (AvgIpc) is 2.38. The number of carbonyl (C=O) groups is 1. The van der Waals surface area contributed by atoms with Crippen LogP contribution in [0.15, 0.2) is 35.2 Å². The molecule has 1 atom stereocenters. The average molecular weight is 253 g/mol. The van der Waals surface area contributed by atoms with Gasteiger partial charge in [0.25, 0.3) is 0 Å². The van der Waals surface area contributed by atoms with Crippen molar-refractivity contribution in [2.75, 3.05) is 19.4 Å². The van der Waals surface area contributed by atoms with Crippen LogP contribution in [0.1, 0.15) is 13.3 Å². The predicted octanol–water partition coefficient (Wildman–Crippen LogP) is 2.32. The quantitative estimate of drug-likeness (QED) is 0.598. The van der Waals surface area contributed by atoms with Crippen LogP contribution in [0.25, 0.3) is 0 Å². The molecule has 3 nitrogen and oxygen atoms in total. The fraction of sp³-hybridized carbons (Fsp3) is 0.462. The number of benzene rings is 1. The molecule has 1 rings (SSSR count). The molecule has 0 aliphatic rings. The summed E-state index contributed by atoms with van der Waals surface area (Å²) in [5, 5.41) is 3.13. The van der Waals surface area contributed by atoms with Gasteiger partial charge < -0.3 is 10.1 Å². The second kappa shape index (κ2) is 8.14. The van der Waals surface area contributed by atoms with Crippen molar-refractivity contribution in [3.05, 3.63) is 30.3 Å². The summed E-state index contributed by atoms with van der Waals surface area (Å²) < 4.78 is 4.76. The molecule has 0 saturated carbocycles. The third-order valence-electron chi connectivity index (χ3n) is 2.35. The number of carbonyl (C=O) groups excluding carboxylic acids is 1. The van der Waals surface area contributed by atoms with E-state index < -0.39 is 0 Å². The summed E-state index contributed by atoms with van der Waals surface area (Å²) in [6.07, 6.45) is 0.778. The molecule has 0 aliphatic heterocycles. The Bertz CT molecular complexity index is 329. The molecule has 0 fully saturated rings. The van der Waals surface area contributed by atoms with Crippen LogP contribution in [0.4, 0.5) is 0 Å². The zero-order valence-corrected chi connectivity index (χ0v) is 11.1. The van der Waals surface area contributed by atoms with Gasteiger partial charge >= 0.3 is 5.97 Å². The maximum Gasteiger partial charge on any atom is 0.322 e. The molecule has 4 heteroatoms. The van der Waals surface area contributed by atoms with Crippen LogP contribution in [0.5, 0.6) is 0 Å². The number of hydrogen-bond acceptors (Lipinski definition) is 4. The van der Waals surface area contributed by atoms with Crippen LogP contribution in [-0.2, 0) is 9.53 Å². The minimum atomic E-state index is -0.193. The summed E-state index contributed by atoms with van der Waals surface area (Å²) in [4.78, 5) is 12.7. The molecule has 0 spiro atoms. The molecular formula is C13H19NO2S. The largest absolute Gasteiger partial charge is 0.468 e. The first kappa shape index (κ1) is 14.1. The number of methoxy groups -OCH3 is 1. The van der Waals surface area contributed by atoms with Crippen molar-refractivity contribution in [2.24, 2.45) is 0 Å². The number of esters is 1. The summed E-state index contributed by atoms with van der Waals surface area (Å²) in [7, 11) is 1.43. The second-order valence-corrected chi connectivity index (χ2v) is 4.75. The summed E-state index contributed by atoms with van der Waals surface area (Å²) >= 11 is 1.75. The Balaban J connectivity index is 2.34. The molecule has 0 aliphatic carbocycles. The topological polar surface area (TPSA) is 38.3 Å². The third-order valence-corrected chi connectivity index (χ3v) is 3.40. The Labute approximate surface area is 107 Å². The van der Waals surface area contributed by atoms with Crippen molar-refractivity contribution in [1.82, 2.24) is 5.32 Å². The lowest BCUT2D eigenvalue weighted by Crippen LogP contribution is -2.37. The number of hydrogen-bond donors (Lipinski definition) is 1. The lowest BCUT2D eigenvalue weighted by molar-refractivity contribution is -0.143. The molecule has 0 radical (unpaired) electrons. The molecule has 0 heterocycles. The van der Waals surface area contributed by atoms with Gasteiger partial charge in [-0.1, -0.05) is 25.1 Å². The van der Waals surface area contributed by atoms with Gasteiger partial charge in [-0.3, -0.25) is 4.79 Å². The molecule has 0 bridgehead atoms. The summed E-state index contributed by atoms with van der Waals surface area (Å²) in [5.74, 6) is 0.720. The van der Waals surface area contributed by atoms with E-state index in [1.54, 1.807) is 11.8 Å². The first-order valence-corrected chi connectivity index (χ1v) is 6.75. The van der Waals surface area contributed by atoms with Gasteiger partial charge in [0.1, 0.15) is 6.04 Å². The fourth-order valence-corrected chi connectivity index (χ4v) is 2.44. The van der Waals surface area contributed by atoms with Crippen molar-refractivity contribution in [3.63, 3.8) is 0 Å². The highest BCUT2D eigenvalue weighted by molar-refractivity contribution is 7.99.